The molecule has 1 aliphatic heterocycles. The number of hydrogen-bond acceptors (Lipinski definition) is 5. The number of carbonyl (C=O) groups excluding carboxylic acids is 1. The van der Waals surface area contributed by atoms with Gasteiger partial charge in [0.25, 0.3) is 0 Å². The number of piperidine rings is 1. The average molecular weight is 270 g/mol. The number of carboxylic acids is 1. The first-order valence-electron chi connectivity index (χ1n) is 5.57. The Morgan fingerprint density at radius 1 is 1.61 bits per heavy atom. The quantitative estimate of drug-likeness (QED) is 0.843. The van der Waals surface area contributed by atoms with Crippen LogP contribution in [0.4, 0.5) is 9.93 Å². The highest BCUT2D eigenvalue weighted by Gasteiger charge is 2.39. The lowest BCUT2D eigenvalue weighted by Crippen LogP contribution is -2.49. The number of anilines is 1. The fourth-order valence-electron chi connectivity index (χ4n) is 1.99. The Morgan fingerprint density at radius 2 is 2.39 bits per heavy atom. The van der Waals surface area contributed by atoms with E-state index < -0.39 is 11.4 Å². The standard InChI is InChI=1S/C10H14N4O3S/c1-10(7(15)16)3-2-4-14(5-10)9(17)12-8-13-11-6-18-8/h6H,2-5H2,1H3,(H,15,16)(H,12,13,17). The summed E-state index contributed by atoms with van der Waals surface area (Å²) in [5.41, 5.74) is 0.657. The second kappa shape index (κ2) is 4.89. The lowest BCUT2D eigenvalue weighted by Gasteiger charge is -2.37. The van der Waals surface area contributed by atoms with E-state index in [9.17, 15) is 14.7 Å². The molecule has 2 N–H and O–H groups in total. The van der Waals surface area contributed by atoms with Crippen LogP contribution in [0.5, 0.6) is 0 Å². The highest BCUT2D eigenvalue weighted by Crippen LogP contribution is 2.30. The number of hydrogen-bond donors (Lipinski definition) is 2. The maximum absolute atomic E-state index is 11.9. The molecule has 0 spiro atoms. The molecule has 0 aromatic carbocycles. The van der Waals surface area contributed by atoms with Crippen LogP contribution in [0.1, 0.15) is 19.8 Å². The van der Waals surface area contributed by atoms with Gasteiger partial charge in [0.2, 0.25) is 5.13 Å². The molecule has 8 heteroatoms. The zero-order valence-electron chi connectivity index (χ0n) is 9.92. The molecule has 1 aromatic rings. The van der Waals surface area contributed by atoms with E-state index in [1.807, 2.05) is 0 Å². The van der Waals surface area contributed by atoms with Crippen molar-refractivity contribution < 1.29 is 14.7 Å². The van der Waals surface area contributed by atoms with Crippen LogP contribution in [-0.2, 0) is 4.79 Å². The molecule has 18 heavy (non-hydrogen) atoms. The fourth-order valence-corrected chi connectivity index (χ4v) is 2.42. The van der Waals surface area contributed by atoms with Gasteiger partial charge in [0.05, 0.1) is 5.41 Å². The number of likely N-dealkylation sites (tertiary alicyclic amines) is 1. The number of aliphatic carboxylic acids is 1. The van der Waals surface area contributed by atoms with E-state index in [0.29, 0.717) is 24.5 Å². The first-order chi connectivity index (χ1) is 8.51. The summed E-state index contributed by atoms with van der Waals surface area (Å²) in [5.74, 6) is -0.865. The van der Waals surface area contributed by atoms with Crippen molar-refractivity contribution >= 4 is 28.5 Å². The van der Waals surface area contributed by atoms with Crippen LogP contribution in [0.2, 0.25) is 0 Å². The molecule has 1 atom stereocenters. The molecule has 2 amide bonds. The summed E-state index contributed by atoms with van der Waals surface area (Å²) in [5, 5.41) is 19.5. The molecule has 98 valence electrons. The van der Waals surface area contributed by atoms with Crippen molar-refractivity contribution in [3.05, 3.63) is 5.51 Å². The predicted octanol–water partition coefficient (Wildman–Crippen LogP) is 1.26. The molecular weight excluding hydrogens is 256 g/mol. The number of nitrogens with zero attached hydrogens (tertiary/aromatic N) is 3. The van der Waals surface area contributed by atoms with Crippen molar-refractivity contribution in [2.75, 3.05) is 18.4 Å². The van der Waals surface area contributed by atoms with Gasteiger partial charge in [-0.05, 0) is 19.8 Å². The van der Waals surface area contributed by atoms with Gasteiger partial charge < -0.3 is 10.0 Å². The highest BCUT2D eigenvalue weighted by molar-refractivity contribution is 7.13. The van der Waals surface area contributed by atoms with Gasteiger partial charge in [-0.3, -0.25) is 10.1 Å². The van der Waals surface area contributed by atoms with Crippen LogP contribution < -0.4 is 5.32 Å². The van der Waals surface area contributed by atoms with E-state index in [1.165, 1.54) is 21.7 Å². The second-order valence-electron chi connectivity index (χ2n) is 4.56. The zero-order chi connectivity index (χ0) is 13.2. The first-order valence-corrected chi connectivity index (χ1v) is 6.45. The van der Waals surface area contributed by atoms with E-state index in [4.69, 9.17) is 0 Å². The van der Waals surface area contributed by atoms with Gasteiger partial charge in [0.1, 0.15) is 5.51 Å². The van der Waals surface area contributed by atoms with E-state index in [0.717, 1.165) is 0 Å². The van der Waals surface area contributed by atoms with Crippen LogP contribution in [0.3, 0.4) is 0 Å². The van der Waals surface area contributed by atoms with Gasteiger partial charge in [-0.2, -0.15) is 0 Å². The number of amides is 2. The average Bonchev–Trinajstić information content (AvgIpc) is 2.81. The smallest absolute Gasteiger partial charge is 0.323 e. The molecule has 1 aliphatic rings. The first kappa shape index (κ1) is 12.7. The third kappa shape index (κ3) is 2.58. The Balaban J connectivity index is 2.00. The van der Waals surface area contributed by atoms with Crippen LogP contribution >= 0.6 is 11.3 Å². The Bertz CT molecular complexity index is 450. The number of carbonyl (C=O) groups is 2. The predicted molar refractivity (Wildman–Crippen MR) is 65.5 cm³/mol. The topological polar surface area (TPSA) is 95.4 Å². The van der Waals surface area contributed by atoms with E-state index >= 15 is 0 Å². The third-order valence-electron chi connectivity index (χ3n) is 3.07. The lowest BCUT2D eigenvalue weighted by atomic mass is 9.82. The van der Waals surface area contributed by atoms with E-state index in [1.54, 1.807) is 6.92 Å². The molecule has 1 aromatic heterocycles. The maximum atomic E-state index is 11.9. The minimum Gasteiger partial charge on any atom is -0.481 e. The number of carboxylic acid groups (broad SMARTS) is 1. The lowest BCUT2D eigenvalue weighted by molar-refractivity contribution is -0.150. The molecule has 2 rings (SSSR count). The molecule has 1 saturated heterocycles. The maximum Gasteiger partial charge on any atom is 0.323 e. The summed E-state index contributed by atoms with van der Waals surface area (Å²) in [4.78, 5) is 24.6. The number of urea groups is 1. The number of rotatable bonds is 2. The number of aromatic nitrogens is 2. The molecule has 2 heterocycles. The molecule has 7 nitrogen and oxygen atoms in total. The van der Waals surface area contributed by atoms with E-state index in [2.05, 4.69) is 15.5 Å². The second-order valence-corrected chi connectivity index (χ2v) is 5.40. The summed E-state index contributed by atoms with van der Waals surface area (Å²) in [6, 6.07) is -0.320. The largest absolute Gasteiger partial charge is 0.481 e. The van der Waals surface area contributed by atoms with Gasteiger partial charge >= 0.3 is 12.0 Å². The van der Waals surface area contributed by atoms with Crippen LogP contribution in [0.25, 0.3) is 0 Å². The van der Waals surface area contributed by atoms with Crippen molar-refractivity contribution in [3.8, 4) is 0 Å². The molecule has 0 aliphatic carbocycles. The molecular formula is C10H14N4O3S. The molecule has 1 fully saturated rings. The molecule has 0 radical (unpaired) electrons. The molecule has 0 saturated carbocycles. The van der Waals surface area contributed by atoms with Gasteiger partial charge in [-0.25, -0.2) is 4.79 Å². The van der Waals surface area contributed by atoms with Crippen molar-refractivity contribution in [1.82, 2.24) is 15.1 Å². The monoisotopic (exact) mass is 270 g/mol. The summed E-state index contributed by atoms with van der Waals surface area (Å²) in [7, 11) is 0. The van der Waals surface area contributed by atoms with E-state index in [-0.39, 0.29) is 12.6 Å². The van der Waals surface area contributed by atoms with Crippen molar-refractivity contribution in [2.45, 2.75) is 19.8 Å². The normalized spacial score (nSPS) is 23.7. The Morgan fingerprint density at radius 3 is 3.00 bits per heavy atom. The summed E-state index contributed by atoms with van der Waals surface area (Å²) in [6.45, 7) is 2.44. The summed E-state index contributed by atoms with van der Waals surface area (Å²) >= 11 is 1.22. The Hall–Kier alpha value is -1.70. The highest BCUT2D eigenvalue weighted by atomic mass is 32.1. The fraction of sp³-hybridized carbons (Fsp3) is 0.600. The van der Waals surface area contributed by atoms with Gasteiger partial charge in [-0.1, -0.05) is 11.3 Å². The van der Waals surface area contributed by atoms with Crippen LogP contribution in [0, 0.1) is 5.41 Å². The Labute approximate surface area is 108 Å². The summed E-state index contributed by atoms with van der Waals surface area (Å²) in [6.07, 6.45) is 1.28. The minimum atomic E-state index is -0.865. The van der Waals surface area contributed by atoms with Crippen LogP contribution in [-0.4, -0.2) is 45.3 Å². The number of nitrogens with one attached hydrogen (secondary N) is 1. The Kier molecular flexibility index (Phi) is 3.46. The summed E-state index contributed by atoms with van der Waals surface area (Å²) < 4.78 is 0. The van der Waals surface area contributed by atoms with Crippen molar-refractivity contribution in [3.63, 3.8) is 0 Å². The SMILES string of the molecule is CC1(C(=O)O)CCCN(C(=O)Nc2nncs2)C1. The van der Waals surface area contributed by atoms with Crippen molar-refractivity contribution in [2.24, 2.45) is 5.41 Å². The van der Waals surface area contributed by atoms with Crippen molar-refractivity contribution in [1.29, 1.82) is 0 Å². The van der Waals surface area contributed by atoms with Gasteiger partial charge in [-0.15, -0.1) is 10.2 Å². The minimum absolute atomic E-state index is 0.215. The van der Waals surface area contributed by atoms with Gasteiger partial charge in [0, 0.05) is 13.1 Å². The zero-order valence-corrected chi connectivity index (χ0v) is 10.7. The molecule has 0 bridgehead atoms. The van der Waals surface area contributed by atoms with Crippen LogP contribution in [0.15, 0.2) is 5.51 Å². The third-order valence-corrected chi connectivity index (χ3v) is 3.68. The van der Waals surface area contributed by atoms with Gasteiger partial charge in [0.15, 0.2) is 0 Å². The molecule has 1 unspecified atom stereocenters.